The monoisotopic (exact) mass is 431 g/mol. The van der Waals surface area contributed by atoms with Crippen LogP contribution in [0.25, 0.3) is 11.3 Å². The van der Waals surface area contributed by atoms with Crippen LogP contribution in [0.4, 0.5) is 0 Å². The number of ketones is 1. The lowest BCUT2D eigenvalue weighted by atomic mass is 10.0. The van der Waals surface area contributed by atoms with Gasteiger partial charge in [-0.15, -0.1) is 0 Å². The van der Waals surface area contributed by atoms with Gasteiger partial charge in [0.05, 0.1) is 19.3 Å². The summed E-state index contributed by atoms with van der Waals surface area (Å²) in [6.45, 7) is 3.50. The molecule has 0 aliphatic carbocycles. The second-order valence-corrected chi connectivity index (χ2v) is 8.21. The van der Waals surface area contributed by atoms with E-state index in [1.54, 1.807) is 24.3 Å². The van der Waals surface area contributed by atoms with Gasteiger partial charge in [-0.05, 0) is 49.6 Å². The average Bonchev–Trinajstić information content (AvgIpc) is 3.44. The highest BCUT2D eigenvalue weighted by Gasteiger charge is 2.33. The van der Waals surface area contributed by atoms with Gasteiger partial charge in [0.25, 0.3) is 5.91 Å². The molecule has 1 fully saturated rings. The van der Waals surface area contributed by atoms with Crippen LogP contribution in [0, 0.1) is 0 Å². The van der Waals surface area contributed by atoms with E-state index in [1.165, 1.54) is 6.92 Å². The van der Waals surface area contributed by atoms with Gasteiger partial charge in [-0.3, -0.25) is 9.59 Å². The molecule has 32 heavy (non-hydrogen) atoms. The first kappa shape index (κ1) is 20.4. The van der Waals surface area contributed by atoms with Crippen molar-refractivity contribution in [1.29, 1.82) is 0 Å². The molecule has 1 amide bonds. The van der Waals surface area contributed by atoms with Crippen molar-refractivity contribution in [2.75, 3.05) is 19.8 Å². The van der Waals surface area contributed by atoms with Crippen molar-refractivity contribution in [3.05, 3.63) is 71.5 Å². The molecule has 0 N–H and O–H groups in total. The van der Waals surface area contributed by atoms with Gasteiger partial charge in [-0.25, -0.2) is 0 Å². The van der Waals surface area contributed by atoms with E-state index in [2.05, 4.69) is 0 Å². The summed E-state index contributed by atoms with van der Waals surface area (Å²) in [6, 6.07) is 16.7. The number of hydrogen-bond acceptors (Lipinski definition) is 5. The number of Topliss-reactive ketones (excluding diaryl/α,β-unsaturated/α-hetero) is 1. The van der Waals surface area contributed by atoms with Crippen LogP contribution in [0.15, 0.2) is 59.0 Å². The van der Waals surface area contributed by atoms with Crippen LogP contribution in [0.2, 0.25) is 0 Å². The maximum absolute atomic E-state index is 13.3. The standard InChI is InChI=1S/C26H25NO5/c1-17(28)18-5-7-19(8-6-18)22-11-12-24(32-22)26(29)27-13-2-4-21(27)20-9-10-23-25(16-20)31-15-3-14-30-23/h5-12,16,21H,2-4,13-15H2,1H3. The Morgan fingerprint density at radius 1 is 0.906 bits per heavy atom. The third-order valence-electron chi connectivity index (χ3n) is 6.06. The molecule has 3 heterocycles. The zero-order chi connectivity index (χ0) is 22.1. The third kappa shape index (κ3) is 3.88. The molecule has 2 aromatic carbocycles. The van der Waals surface area contributed by atoms with Crippen molar-refractivity contribution >= 4 is 11.7 Å². The molecule has 2 aliphatic heterocycles. The molecule has 6 nitrogen and oxygen atoms in total. The van der Waals surface area contributed by atoms with E-state index >= 15 is 0 Å². The van der Waals surface area contributed by atoms with Crippen LogP contribution in [0.1, 0.15) is 58.7 Å². The zero-order valence-corrected chi connectivity index (χ0v) is 18.0. The van der Waals surface area contributed by atoms with E-state index in [1.807, 2.05) is 35.2 Å². The molecular formula is C26H25NO5. The molecule has 0 radical (unpaired) electrons. The second-order valence-electron chi connectivity index (χ2n) is 8.21. The Morgan fingerprint density at radius 3 is 2.47 bits per heavy atom. The molecule has 1 saturated heterocycles. The quantitative estimate of drug-likeness (QED) is 0.525. The molecule has 1 atom stereocenters. The van der Waals surface area contributed by atoms with E-state index in [0.717, 1.165) is 41.9 Å². The summed E-state index contributed by atoms with van der Waals surface area (Å²) < 4.78 is 17.5. The van der Waals surface area contributed by atoms with Crippen molar-refractivity contribution in [2.45, 2.75) is 32.2 Å². The Balaban J connectivity index is 1.36. The minimum absolute atomic E-state index is 0.0155. The predicted octanol–water partition coefficient (Wildman–Crippen LogP) is 5.29. The smallest absolute Gasteiger partial charge is 0.290 e. The first-order valence-electron chi connectivity index (χ1n) is 11.0. The number of benzene rings is 2. The number of rotatable bonds is 4. The largest absolute Gasteiger partial charge is 0.490 e. The Labute approximate surface area is 186 Å². The number of nitrogens with zero attached hydrogens (tertiary/aromatic N) is 1. The lowest BCUT2D eigenvalue weighted by Crippen LogP contribution is -2.30. The number of carbonyl (C=O) groups is 2. The summed E-state index contributed by atoms with van der Waals surface area (Å²) in [5, 5.41) is 0. The molecule has 6 heteroatoms. The summed E-state index contributed by atoms with van der Waals surface area (Å²) in [5.41, 5.74) is 2.52. The normalized spacial score (nSPS) is 17.8. The van der Waals surface area contributed by atoms with E-state index < -0.39 is 0 Å². The van der Waals surface area contributed by atoms with Crippen LogP contribution in [0.5, 0.6) is 11.5 Å². The maximum atomic E-state index is 13.3. The van der Waals surface area contributed by atoms with Crippen molar-refractivity contribution in [2.24, 2.45) is 0 Å². The molecule has 0 saturated carbocycles. The number of likely N-dealkylation sites (tertiary alicyclic amines) is 1. The Hall–Kier alpha value is -3.54. The summed E-state index contributed by atoms with van der Waals surface area (Å²) in [6.07, 6.45) is 2.69. The Bertz CT molecular complexity index is 1150. The number of carbonyl (C=O) groups excluding carboxylic acids is 2. The fraction of sp³-hybridized carbons (Fsp3) is 0.308. The van der Waals surface area contributed by atoms with Crippen molar-refractivity contribution in [3.63, 3.8) is 0 Å². The van der Waals surface area contributed by atoms with Crippen LogP contribution >= 0.6 is 0 Å². The summed E-state index contributed by atoms with van der Waals surface area (Å²) in [5.74, 6) is 2.32. The topological polar surface area (TPSA) is 69.0 Å². The first-order valence-corrected chi connectivity index (χ1v) is 11.0. The van der Waals surface area contributed by atoms with Gasteiger partial charge in [0.15, 0.2) is 23.0 Å². The SMILES string of the molecule is CC(=O)c1ccc(-c2ccc(C(=O)N3CCCC3c3ccc4c(c3)OCCCO4)o2)cc1. The van der Waals surface area contributed by atoms with E-state index in [4.69, 9.17) is 13.9 Å². The zero-order valence-electron chi connectivity index (χ0n) is 18.0. The number of hydrogen-bond donors (Lipinski definition) is 0. The average molecular weight is 431 g/mol. The Morgan fingerprint density at radius 2 is 1.69 bits per heavy atom. The Kier molecular flexibility index (Phi) is 5.43. The highest BCUT2D eigenvalue weighted by molar-refractivity contribution is 5.95. The van der Waals surface area contributed by atoms with E-state index in [-0.39, 0.29) is 17.7 Å². The fourth-order valence-corrected chi connectivity index (χ4v) is 4.36. The summed E-state index contributed by atoms with van der Waals surface area (Å²) in [7, 11) is 0. The van der Waals surface area contributed by atoms with Gasteiger partial charge >= 0.3 is 0 Å². The van der Waals surface area contributed by atoms with Gasteiger partial charge in [-0.1, -0.05) is 30.3 Å². The highest BCUT2D eigenvalue weighted by atomic mass is 16.5. The molecule has 1 aromatic heterocycles. The van der Waals surface area contributed by atoms with Crippen LogP contribution in [-0.4, -0.2) is 36.3 Å². The molecular weight excluding hydrogens is 406 g/mol. The second kappa shape index (κ2) is 8.54. The number of amides is 1. The predicted molar refractivity (Wildman–Crippen MR) is 119 cm³/mol. The third-order valence-corrected chi connectivity index (χ3v) is 6.06. The van der Waals surface area contributed by atoms with Crippen molar-refractivity contribution in [3.8, 4) is 22.8 Å². The molecule has 164 valence electrons. The van der Waals surface area contributed by atoms with Gasteiger partial charge < -0.3 is 18.8 Å². The van der Waals surface area contributed by atoms with Gasteiger partial charge in [0, 0.05) is 24.1 Å². The lowest BCUT2D eigenvalue weighted by molar-refractivity contribution is 0.0704. The highest BCUT2D eigenvalue weighted by Crippen LogP contribution is 2.38. The minimum atomic E-state index is -0.119. The van der Waals surface area contributed by atoms with Gasteiger partial charge in [0.2, 0.25) is 0 Å². The minimum Gasteiger partial charge on any atom is -0.490 e. The first-order chi connectivity index (χ1) is 15.6. The lowest BCUT2D eigenvalue weighted by Gasteiger charge is -2.25. The van der Waals surface area contributed by atoms with Crippen molar-refractivity contribution < 1.29 is 23.5 Å². The fourth-order valence-electron chi connectivity index (χ4n) is 4.36. The molecule has 5 rings (SSSR count). The maximum Gasteiger partial charge on any atom is 0.290 e. The van der Waals surface area contributed by atoms with Crippen LogP contribution in [0.3, 0.4) is 0 Å². The van der Waals surface area contributed by atoms with Gasteiger partial charge in [0.1, 0.15) is 5.76 Å². The van der Waals surface area contributed by atoms with E-state index in [9.17, 15) is 9.59 Å². The molecule has 3 aromatic rings. The van der Waals surface area contributed by atoms with Crippen molar-refractivity contribution in [1.82, 2.24) is 4.90 Å². The molecule has 1 unspecified atom stereocenters. The molecule has 0 spiro atoms. The summed E-state index contributed by atoms with van der Waals surface area (Å²) >= 11 is 0. The number of furan rings is 1. The molecule has 2 aliphatic rings. The number of ether oxygens (including phenoxy) is 2. The van der Waals surface area contributed by atoms with Crippen LogP contribution < -0.4 is 9.47 Å². The number of fused-ring (bicyclic) bond motifs is 1. The molecule has 0 bridgehead atoms. The van der Waals surface area contributed by atoms with Crippen LogP contribution in [-0.2, 0) is 0 Å². The van der Waals surface area contributed by atoms with Gasteiger partial charge in [-0.2, -0.15) is 0 Å². The summed E-state index contributed by atoms with van der Waals surface area (Å²) in [4.78, 5) is 26.7. The van der Waals surface area contributed by atoms with E-state index in [0.29, 0.717) is 36.8 Å².